The number of hydrogen-bond donors (Lipinski definition) is 1. The van der Waals surface area contributed by atoms with Gasteiger partial charge in [-0.15, -0.1) is 0 Å². The van der Waals surface area contributed by atoms with Crippen LogP contribution >= 0.6 is 23.8 Å². The van der Waals surface area contributed by atoms with Gasteiger partial charge in [-0.1, -0.05) is 23.8 Å². The number of rotatable bonds is 3. The van der Waals surface area contributed by atoms with E-state index < -0.39 is 0 Å². The molecule has 1 unspecified atom stereocenters. The van der Waals surface area contributed by atoms with Gasteiger partial charge in [0, 0.05) is 35.4 Å². The molecule has 3 rings (SSSR count). The Morgan fingerprint density at radius 2 is 2.00 bits per heavy atom. The third-order valence-electron chi connectivity index (χ3n) is 4.39. The van der Waals surface area contributed by atoms with Gasteiger partial charge in [0.15, 0.2) is 0 Å². The molecule has 0 amide bonds. The molecular weight excluding hydrogens is 290 g/mol. The smallest absolute Gasteiger partial charge is 0.106 e. The molecule has 5 heteroatoms. The maximum absolute atomic E-state index is 6.14. The van der Waals surface area contributed by atoms with E-state index in [1.807, 2.05) is 18.2 Å². The van der Waals surface area contributed by atoms with E-state index in [0.717, 1.165) is 29.4 Å². The number of halogens is 1. The lowest BCUT2D eigenvalue weighted by Gasteiger charge is -2.25. The minimum absolute atomic E-state index is 0.446. The van der Waals surface area contributed by atoms with Gasteiger partial charge in [0.2, 0.25) is 0 Å². The van der Waals surface area contributed by atoms with Crippen molar-refractivity contribution in [3.8, 4) is 0 Å². The summed E-state index contributed by atoms with van der Waals surface area (Å²) in [6.07, 6.45) is 3.89. The summed E-state index contributed by atoms with van der Waals surface area (Å²) in [4.78, 5) is 5.44. The molecule has 2 fully saturated rings. The lowest BCUT2D eigenvalue weighted by molar-refractivity contribution is 0.260. The summed E-state index contributed by atoms with van der Waals surface area (Å²) in [5.74, 6) is 0. The molecule has 0 spiro atoms. The molecule has 1 atom stereocenters. The third-order valence-corrected chi connectivity index (χ3v) is 4.84. The summed E-state index contributed by atoms with van der Waals surface area (Å²) in [7, 11) is 0. The summed E-state index contributed by atoms with van der Waals surface area (Å²) >= 11 is 11.3. The topological polar surface area (TPSA) is 32.5 Å². The van der Waals surface area contributed by atoms with E-state index in [1.165, 1.54) is 32.4 Å². The van der Waals surface area contributed by atoms with Crippen molar-refractivity contribution in [1.29, 1.82) is 0 Å². The maximum Gasteiger partial charge on any atom is 0.106 e. The number of nitrogens with two attached hydrogens (primary N) is 1. The van der Waals surface area contributed by atoms with Crippen LogP contribution in [0.4, 0.5) is 5.69 Å². The fourth-order valence-electron chi connectivity index (χ4n) is 3.34. The number of nitrogens with zero attached hydrogens (tertiary/aromatic N) is 2. The minimum Gasteiger partial charge on any atom is -0.389 e. The van der Waals surface area contributed by atoms with E-state index in [-0.39, 0.29) is 0 Å². The van der Waals surface area contributed by atoms with Crippen molar-refractivity contribution in [3.05, 3.63) is 28.8 Å². The zero-order valence-electron chi connectivity index (χ0n) is 11.5. The molecular formula is C15H20ClN3S. The molecule has 2 saturated heterocycles. The second kappa shape index (κ2) is 5.88. The highest BCUT2D eigenvalue weighted by Crippen LogP contribution is 2.30. The molecule has 0 saturated carbocycles. The molecule has 0 aliphatic carbocycles. The number of hydrogen-bond acceptors (Lipinski definition) is 3. The molecule has 2 aliphatic heterocycles. The Morgan fingerprint density at radius 1 is 1.25 bits per heavy atom. The van der Waals surface area contributed by atoms with Crippen LogP contribution in [-0.2, 0) is 0 Å². The lowest BCUT2D eigenvalue weighted by Crippen LogP contribution is -2.35. The molecule has 3 nitrogen and oxygen atoms in total. The van der Waals surface area contributed by atoms with Gasteiger partial charge >= 0.3 is 0 Å². The van der Waals surface area contributed by atoms with Crippen LogP contribution in [0.2, 0.25) is 5.02 Å². The van der Waals surface area contributed by atoms with E-state index in [1.54, 1.807) is 0 Å². The standard InChI is InChI=1S/C15H20ClN3S/c16-11-3-4-13(15(17)20)14(9-11)19-8-5-12(10-19)18-6-1-2-7-18/h3-4,9,12H,1-2,5-8,10H2,(H2,17,20). The molecule has 0 radical (unpaired) electrons. The average Bonchev–Trinajstić information content (AvgIpc) is 3.09. The van der Waals surface area contributed by atoms with Crippen molar-refractivity contribution in [3.63, 3.8) is 0 Å². The molecule has 1 aromatic carbocycles. The van der Waals surface area contributed by atoms with Gasteiger partial charge in [-0.2, -0.15) is 0 Å². The summed E-state index contributed by atoms with van der Waals surface area (Å²) < 4.78 is 0. The molecule has 2 heterocycles. The summed E-state index contributed by atoms with van der Waals surface area (Å²) in [6, 6.07) is 6.44. The maximum atomic E-state index is 6.14. The first kappa shape index (κ1) is 14.1. The van der Waals surface area contributed by atoms with Crippen LogP contribution in [0, 0.1) is 0 Å². The molecule has 20 heavy (non-hydrogen) atoms. The van der Waals surface area contributed by atoms with Crippen molar-refractivity contribution in [2.75, 3.05) is 31.1 Å². The highest BCUT2D eigenvalue weighted by Gasteiger charge is 2.30. The van der Waals surface area contributed by atoms with E-state index >= 15 is 0 Å². The van der Waals surface area contributed by atoms with Gasteiger partial charge in [0.05, 0.1) is 0 Å². The molecule has 2 N–H and O–H groups in total. The quantitative estimate of drug-likeness (QED) is 0.870. The van der Waals surface area contributed by atoms with Crippen LogP contribution in [-0.4, -0.2) is 42.1 Å². The van der Waals surface area contributed by atoms with Crippen LogP contribution in [0.3, 0.4) is 0 Å². The van der Waals surface area contributed by atoms with Crippen molar-refractivity contribution in [2.45, 2.75) is 25.3 Å². The zero-order valence-corrected chi connectivity index (χ0v) is 13.1. The Labute approximate surface area is 130 Å². The van der Waals surface area contributed by atoms with Crippen LogP contribution < -0.4 is 10.6 Å². The van der Waals surface area contributed by atoms with Gasteiger partial charge in [-0.05, 0) is 50.6 Å². The Hall–Kier alpha value is -0.840. The highest BCUT2D eigenvalue weighted by molar-refractivity contribution is 7.80. The predicted molar refractivity (Wildman–Crippen MR) is 88.8 cm³/mol. The fourth-order valence-corrected chi connectivity index (χ4v) is 3.68. The zero-order chi connectivity index (χ0) is 14.1. The lowest BCUT2D eigenvalue weighted by atomic mass is 10.1. The Bertz CT molecular complexity index is 514. The second-order valence-corrected chi connectivity index (χ2v) is 6.53. The summed E-state index contributed by atoms with van der Waals surface area (Å²) in [5, 5.41) is 0.740. The van der Waals surface area contributed by atoms with Crippen molar-refractivity contribution in [2.24, 2.45) is 5.73 Å². The predicted octanol–water partition coefficient (Wildman–Crippen LogP) is 2.65. The minimum atomic E-state index is 0.446. The molecule has 0 aromatic heterocycles. The van der Waals surface area contributed by atoms with E-state index in [2.05, 4.69) is 9.80 Å². The summed E-state index contributed by atoms with van der Waals surface area (Å²) in [5.41, 5.74) is 7.87. The number of thiocarbonyl (C=S) groups is 1. The molecule has 0 bridgehead atoms. The number of anilines is 1. The first-order valence-corrected chi connectivity index (χ1v) is 8.02. The molecule has 108 valence electrons. The number of benzene rings is 1. The third kappa shape index (κ3) is 2.78. The van der Waals surface area contributed by atoms with E-state index in [0.29, 0.717) is 11.0 Å². The fraction of sp³-hybridized carbons (Fsp3) is 0.533. The second-order valence-electron chi connectivity index (χ2n) is 5.66. The average molecular weight is 310 g/mol. The van der Waals surface area contributed by atoms with Gasteiger partial charge in [0.1, 0.15) is 4.99 Å². The van der Waals surface area contributed by atoms with E-state index in [9.17, 15) is 0 Å². The van der Waals surface area contributed by atoms with Gasteiger partial charge < -0.3 is 10.6 Å². The van der Waals surface area contributed by atoms with Crippen LogP contribution in [0.5, 0.6) is 0 Å². The highest BCUT2D eigenvalue weighted by atomic mass is 35.5. The largest absolute Gasteiger partial charge is 0.389 e. The van der Waals surface area contributed by atoms with Crippen LogP contribution in [0.1, 0.15) is 24.8 Å². The van der Waals surface area contributed by atoms with Crippen LogP contribution in [0.25, 0.3) is 0 Å². The summed E-state index contributed by atoms with van der Waals surface area (Å²) in [6.45, 7) is 4.60. The van der Waals surface area contributed by atoms with Gasteiger partial charge in [-0.25, -0.2) is 0 Å². The van der Waals surface area contributed by atoms with Crippen molar-refractivity contribution >= 4 is 34.5 Å². The van der Waals surface area contributed by atoms with Gasteiger partial charge in [0.25, 0.3) is 0 Å². The normalized spacial score (nSPS) is 23.4. The Kier molecular flexibility index (Phi) is 4.15. The monoisotopic (exact) mass is 309 g/mol. The van der Waals surface area contributed by atoms with E-state index in [4.69, 9.17) is 29.6 Å². The molecule has 2 aliphatic rings. The number of likely N-dealkylation sites (tertiary alicyclic amines) is 1. The Balaban J connectivity index is 1.80. The first-order chi connectivity index (χ1) is 9.65. The van der Waals surface area contributed by atoms with Crippen molar-refractivity contribution in [1.82, 2.24) is 4.90 Å². The SMILES string of the molecule is NC(=S)c1ccc(Cl)cc1N1CCC(N2CCCC2)C1. The van der Waals surface area contributed by atoms with Crippen LogP contribution in [0.15, 0.2) is 18.2 Å². The van der Waals surface area contributed by atoms with Gasteiger partial charge in [-0.3, -0.25) is 4.90 Å². The Morgan fingerprint density at radius 3 is 2.70 bits per heavy atom. The van der Waals surface area contributed by atoms with Crippen molar-refractivity contribution < 1.29 is 0 Å². The molecule has 1 aromatic rings. The first-order valence-electron chi connectivity index (χ1n) is 7.23.